The smallest absolute Gasteiger partial charge is 0.0377 e. The zero-order valence-corrected chi connectivity index (χ0v) is 9.90. The molecule has 1 aromatic carbocycles. The molecule has 0 aliphatic heterocycles. The maximum Gasteiger partial charge on any atom is 0.0377 e. The highest BCUT2D eigenvalue weighted by Crippen LogP contribution is 2.32. The largest absolute Gasteiger partial charge is 0.144 e. The van der Waals surface area contributed by atoms with E-state index in [9.17, 15) is 0 Å². The summed E-state index contributed by atoms with van der Waals surface area (Å²) < 4.78 is 1.38. The number of hydrogen-bond donors (Lipinski definition) is 0. The van der Waals surface area contributed by atoms with Gasteiger partial charge in [-0.3, -0.25) is 0 Å². The summed E-state index contributed by atoms with van der Waals surface area (Å²) in [4.78, 5) is 0. The van der Waals surface area contributed by atoms with E-state index in [4.69, 9.17) is 11.6 Å². The fraction of sp³-hybridized carbons (Fsp3) is 0.333. The molecule has 14 heavy (non-hydrogen) atoms. The predicted molar refractivity (Wildman–Crippen MR) is 65.6 cm³/mol. The van der Waals surface area contributed by atoms with Gasteiger partial charge in [0.05, 0.1) is 0 Å². The summed E-state index contributed by atoms with van der Waals surface area (Å²) in [5.74, 6) is 0.416. The molecule has 0 amide bonds. The summed E-state index contributed by atoms with van der Waals surface area (Å²) in [5.41, 5.74) is 1.38. The van der Waals surface area contributed by atoms with Gasteiger partial charge in [0, 0.05) is 10.1 Å². The zero-order valence-electron chi connectivity index (χ0n) is 8.33. The lowest BCUT2D eigenvalue weighted by molar-refractivity contribution is 0.749. The van der Waals surface area contributed by atoms with Crippen LogP contribution in [0.1, 0.15) is 25.3 Å². The third kappa shape index (κ3) is 1.67. The van der Waals surface area contributed by atoms with Crippen molar-refractivity contribution in [1.82, 2.24) is 0 Å². The first kappa shape index (κ1) is 10.0. The first-order chi connectivity index (χ1) is 6.70. The number of hydrogen-bond acceptors (Lipinski definition) is 1. The predicted octanol–water partition coefficient (Wildman–Crippen LogP) is 4.63. The Balaban J connectivity index is 2.56. The molecule has 74 valence electrons. The molecule has 0 bridgehead atoms. The van der Waals surface area contributed by atoms with Crippen LogP contribution >= 0.6 is 22.9 Å². The fourth-order valence-electron chi connectivity index (χ4n) is 1.62. The van der Waals surface area contributed by atoms with Gasteiger partial charge in [0.2, 0.25) is 0 Å². The highest BCUT2D eigenvalue weighted by Gasteiger charge is 2.14. The monoisotopic (exact) mass is 224 g/mol. The van der Waals surface area contributed by atoms with E-state index >= 15 is 0 Å². The number of benzene rings is 1. The number of thiophene rings is 1. The van der Waals surface area contributed by atoms with Crippen molar-refractivity contribution < 1.29 is 0 Å². The lowest BCUT2D eigenvalue weighted by Gasteiger charge is -2.14. The minimum atomic E-state index is 0.183. The van der Waals surface area contributed by atoms with Gasteiger partial charge in [0.25, 0.3) is 0 Å². The van der Waals surface area contributed by atoms with E-state index < -0.39 is 0 Å². The van der Waals surface area contributed by atoms with E-state index in [-0.39, 0.29) is 5.38 Å². The molecule has 0 radical (unpaired) electrons. The summed E-state index contributed by atoms with van der Waals surface area (Å²) >= 11 is 7.94. The molecular weight excluding hydrogens is 212 g/mol. The maximum atomic E-state index is 6.13. The Kier molecular flexibility index (Phi) is 2.80. The maximum absolute atomic E-state index is 6.13. The molecule has 2 aromatic rings. The van der Waals surface area contributed by atoms with E-state index in [1.54, 1.807) is 11.3 Å². The molecule has 0 aliphatic rings. The van der Waals surface area contributed by atoms with Crippen LogP contribution in [0.3, 0.4) is 0 Å². The number of fused-ring (bicyclic) bond motifs is 1. The molecule has 2 unspecified atom stereocenters. The van der Waals surface area contributed by atoms with Crippen LogP contribution < -0.4 is 0 Å². The van der Waals surface area contributed by atoms with Crippen molar-refractivity contribution in [3.8, 4) is 0 Å². The highest BCUT2D eigenvalue weighted by molar-refractivity contribution is 7.17. The lowest BCUT2D eigenvalue weighted by Crippen LogP contribution is -2.04. The van der Waals surface area contributed by atoms with Crippen molar-refractivity contribution in [3.05, 3.63) is 35.2 Å². The van der Waals surface area contributed by atoms with Crippen LogP contribution in [-0.2, 0) is 0 Å². The first-order valence-electron chi connectivity index (χ1n) is 4.80. The summed E-state index contributed by atoms with van der Waals surface area (Å²) in [5, 5.41) is 3.65. The van der Waals surface area contributed by atoms with Crippen molar-refractivity contribution >= 4 is 33.0 Å². The average Bonchev–Trinajstić information content (AvgIpc) is 2.63. The minimum absolute atomic E-state index is 0.183. The van der Waals surface area contributed by atoms with Gasteiger partial charge in [-0.1, -0.05) is 25.1 Å². The molecule has 0 nitrogen and oxygen atoms in total. The Morgan fingerprint density at radius 1 is 1.21 bits per heavy atom. The summed E-state index contributed by atoms with van der Waals surface area (Å²) in [6, 6.07) is 8.61. The van der Waals surface area contributed by atoms with Gasteiger partial charge < -0.3 is 0 Å². The van der Waals surface area contributed by atoms with Gasteiger partial charge >= 0.3 is 0 Å². The van der Waals surface area contributed by atoms with E-state index in [0.29, 0.717) is 5.92 Å². The number of halogens is 1. The van der Waals surface area contributed by atoms with E-state index in [0.717, 1.165) is 0 Å². The average molecular weight is 225 g/mol. The summed E-state index contributed by atoms with van der Waals surface area (Å²) in [6.07, 6.45) is 0. The fourth-order valence-corrected chi connectivity index (χ4v) is 2.77. The topological polar surface area (TPSA) is 0 Å². The van der Waals surface area contributed by atoms with Crippen LogP contribution in [-0.4, -0.2) is 5.38 Å². The van der Waals surface area contributed by atoms with Gasteiger partial charge in [-0.05, 0) is 35.2 Å². The van der Waals surface area contributed by atoms with Crippen LogP contribution in [0.15, 0.2) is 29.6 Å². The second kappa shape index (κ2) is 3.92. The molecule has 2 heteroatoms. The molecule has 0 N–H and O–H groups in total. The van der Waals surface area contributed by atoms with Gasteiger partial charge in [0.1, 0.15) is 0 Å². The summed E-state index contributed by atoms with van der Waals surface area (Å²) in [6.45, 7) is 4.24. The van der Waals surface area contributed by atoms with Crippen molar-refractivity contribution in [2.75, 3.05) is 0 Å². The molecule has 0 aliphatic carbocycles. The van der Waals surface area contributed by atoms with Crippen LogP contribution in [0.2, 0.25) is 0 Å². The van der Waals surface area contributed by atoms with Gasteiger partial charge in [-0.15, -0.1) is 22.9 Å². The van der Waals surface area contributed by atoms with Crippen LogP contribution in [0.4, 0.5) is 0 Å². The molecule has 2 rings (SSSR count). The number of rotatable bonds is 2. The van der Waals surface area contributed by atoms with Crippen molar-refractivity contribution in [3.63, 3.8) is 0 Å². The Morgan fingerprint density at radius 3 is 2.71 bits per heavy atom. The molecule has 0 saturated carbocycles. The van der Waals surface area contributed by atoms with Gasteiger partial charge in [-0.25, -0.2) is 0 Å². The quantitative estimate of drug-likeness (QED) is 0.653. The zero-order chi connectivity index (χ0) is 10.1. The van der Waals surface area contributed by atoms with Crippen LogP contribution in [0, 0.1) is 0 Å². The van der Waals surface area contributed by atoms with E-state index in [2.05, 4.69) is 43.5 Å². The Labute approximate surface area is 93.5 Å². The second-order valence-corrected chi connectivity index (χ2v) is 5.26. The first-order valence-corrected chi connectivity index (χ1v) is 6.12. The van der Waals surface area contributed by atoms with Gasteiger partial charge in [-0.2, -0.15) is 0 Å². The second-order valence-electron chi connectivity index (χ2n) is 3.65. The van der Waals surface area contributed by atoms with Crippen LogP contribution in [0.25, 0.3) is 10.1 Å². The molecule has 0 saturated heterocycles. The Bertz CT molecular complexity index is 431. The van der Waals surface area contributed by atoms with E-state index in [1.807, 2.05) is 0 Å². The number of alkyl halides is 1. The Hall–Kier alpha value is -0.530. The molecule has 1 heterocycles. The van der Waals surface area contributed by atoms with Crippen molar-refractivity contribution in [1.29, 1.82) is 0 Å². The minimum Gasteiger partial charge on any atom is -0.144 e. The molecular formula is C12H13ClS. The van der Waals surface area contributed by atoms with E-state index in [1.165, 1.54) is 15.6 Å². The standard InChI is InChI=1S/C12H13ClS/c1-8(9(2)13)11-5-3-4-10-6-7-14-12(10)11/h3-9H,1-2H3. The van der Waals surface area contributed by atoms with Crippen molar-refractivity contribution in [2.24, 2.45) is 0 Å². The molecule has 1 aromatic heterocycles. The molecule has 0 fully saturated rings. The third-order valence-corrected chi connectivity index (χ3v) is 4.05. The SMILES string of the molecule is CC(Cl)C(C)c1cccc2ccsc12. The Morgan fingerprint density at radius 2 is 2.00 bits per heavy atom. The van der Waals surface area contributed by atoms with Crippen molar-refractivity contribution in [2.45, 2.75) is 25.1 Å². The molecule has 0 spiro atoms. The van der Waals surface area contributed by atoms with Crippen LogP contribution in [0.5, 0.6) is 0 Å². The lowest BCUT2D eigenvalue weighted by atomic mass is 9.97. The van der Waals surface area contributed by atoms with Gasteiger partial charge in [0.15, 0.2) is 0 Å². The summed E-state index contributed by atoms with van der Waals surface area (Å²) in [7, 11) is 0. The third-order valence-electron chi connectivity index (χ3n) is 2.69. The highest BCUT2D eigenvalue weighted by atomic mass is 35.5. The normalized spacial score (nSPS) is 15.6. The molecule has 2 atom stereocenters.